The van der Waals surface area contributed by atoms with Crippen LogP contribution in [0.4, 0.5) is 5.69 Å². The van der Waals surface area contributed by atoms with Gasteiger partial charge >= 0.3 is 0 Å². The number of unbranched alkanes of at least 4 members (excludes halogenated alkanes) is 2. The predicted octanol–water partition coefficient (Wildman–Crippen LogP) is 6.26. The first kappa shape index (κ1) is 16.7. The van der Waals surface area contributed by atoms with Crippen molar-refractivity contribution in [2.75, 3.05) is 5.32 Å². The lowest BCUT2D eigenvalue weighted by atomic mass is 10.1. The molecular weight excluding hydrogens is 414 g/mol. The maximum atomic E-state index is 12.2. The van der Waals surface area contributed by atoms with Crippen LogP contribution in [-0.4, -0.2) is 5.91 Å². The highest BCUT2D eigenvalue weighted by Gasteiger charge is 2.13. The first-order chi connectivity index (χ1) is 10.1. The Hall–Kier alpha value is -0.650. The Morgan fingerprint density at radius 3 is 2.48 bits per heavy atom. The van der Waals surface area contributed by atoms with Crippen molar-refractivity contribution in [1.29, 1.82) is 0 Å². The number of aryl methyl sites for hydroxylation is 1. The molecule has 0 aliphatic carbocycles. The second-order valence-corrected chi connectivity index (χ2v) is 8.60. The van der Waals surface area contributed by atoms with Crippen molar-refractivity contribution in [1.82, 2.24) is 0 Å². The summed E-state index contributed by atoms with van der Waals surface area (Å²) in [6.07, 6.45) is 4.82. The Morgan fingerprint density at radius 1 is 1.19 bits per heavy atom. The molecule has 1 heterocycles. The van der Waals surface area contributed by atoms with Crippen molar-refractivity contribution >= 4 is 54.8 Å². The molecule has 2 rings (SSSR count). The highest BCUT2D eigenvalue weighted by molar-refractivity contribution is 9.12. The quantitative estimate of drug-likeness (QED) is 0.538. The zero-order valence-corrected chi connectivity index (χ0v) is 15.8. The highest BCUT2D eigenvalue weighted by Crippen LogP contribution is 2.32. The first-order valence-electron chi connectivity index (χ1n) is 6.95. The summed E-state index contributed by atoms with van der Waals surface area (Å²) in [5, 5.41) is 2.92. The van der Waals surface area contributed by atoms with Crippen LogP contribution in [0.1, 0.15) is 42.1 Å². The monoisotopic (exact) mass is 429 g/mol. The van der Waals surface area contributed by atoms with Gasteiger partial charge in [-0.05, 0) is 68.5 Å². The van der Waals surface area contributed by atoms with Gasteiger partial charge in [-0.15, -0.1) is 11.3 Å². The summed E-state index contributed by atoms with van der Waals surface area (Å²) in [5.41, 5.74) is 2.80. The van der Waals surface area contributed by atoms with Crippen molar-refractivity contribution in [3.63, 3.8) is 0 Å². The summed E-state index contributed by atoms with van der Waals surface area (Å²) in [6.45, 7) is 2.21. The maximum Gasteiger partial charge on any atom is 0.257 e. The standard InChI is InChI=1S/C16H17Br2NOS/c1-2-3-4-5-11-6-8-12(9-7-11)19-16(20)13-10-14(17)21-15(13)18/h6-10H,2-5H2,1H3,(H,19,20). The topological polar surface area (TPSA) is 29.1 Å². The van der Waals surface area contributed by atoms with E-state index in [0.29, 0.717) is 5.56 Å². The van der Waals surface area contributed by atoms with E-state index in [2.05, 4.69) is 56.2 Å². The van der Waals surface area contributed by atoms with Gasteiger partial charge in [0.1, 0.15) is 0 Å². The van der Waals surface area contributed by atoms with Crippen LogP contribution in [0, 0.1) is 0 Å². The van der Waals surface area contributed by atoms with Gasteiger partial charge in [0.25, 0.3) is 5.91 Å². The Labute approximate surface area is 146 Å². The highest BCUT2D eigenvalue weighted by atomic mass is 79.9. The van der Waals surface area contributed by atoms with E-state index < -0.39 is 0 Å². The van der Waals surface area contributed by atoms with E-state index in [1.54, 1.807) is 0 Å². The Kier molecular flexibility index (Phi) is 6.45. The van der Waals surface area contributed by atoms with Gasteiger partial charge in [0, 0.05) is 5.69 Å². The minimum Gasteiger partial charge on any atom is -0.322 e. The number of thiophene rings is 1. The Morgan fingerprint density at radius 2 is 1.90 bits per heavy atom. The molecule has 112 valence electrons. The molecule has 0 aliphatic heterocycles. The third kappa shape index (κ3) is 4.94. The van der Waals surface area contributed by atoms with Crippen LogP contribution >= 0.6 is 43.2 Å². The summed E-state index contributed by atoms with van der Waals surface area (Å²) in [7, 11) is 0. The number of anilines is 1. The SMILES string of the molecule is CCCCCc1ccc(NC(=O)c2cc(Br)sc2Br)cc1. The van der Waals surface area contributed by atoms with Crippen molar-refractivity contribution in [3.8, 4) is 0 Å². The fourth-order valence-corrected chi connectivity index (χ4v) is 4.82. The fraction of sp³-hybridized carbons (Fsp3) is 0.312. The Balaban J connectivity index is 1.96. The molecule has 21 heavy (non-hydrogen) atoms. The second-order valence-electron chi connectivity index (χ2n) is 4.85. The second kappa shape index (κ2) is 8.11. The van der Waals surface area contributed by atoms with Crippen molar-refractivity contribution < 1.29 is 4.79 Å². The van der Waals surface area contributed by atoms with Crippen LogP contribution < -0.4 is 5.32 Å². The van der Waals surface area contributed by atoms with Crippen molar-refractivity contribution in [2.24, 2.45) is 0 Å². The van der Waals surface area contributed by atoms with Crippen LogP contribution in [0.25, 0.3) is 0 Å². The van der Waals surface area contributed by atoms with E-state index >= 15 is 0 Å². The van der Waals surface area contributed by atoms with E-state index in [1.165, 1.54) is 36.2 Å². The third-order valence-electron chi connectivity index (χ3n) is 3.18. The van der Waals surface area contributed by atoms with E-state index in [0.717, 1.165) is 19.7 Å². The lowest BCUT2D eigenvalue weighted by molar-refractivity contribution is 0.102. The van der Waals surface area contributed by atoms with Gasteiger partial charge in [-0.3, -0.25) is 4.79 Å². The third-order valence-corrected chi connectivity index (χ3v) is 5.52. The van der Waals surface area contributed by atoms with Crippen LogP contribution in [0.2, 0.25) is 0 Å². The zero-order valence-electron chi connectivity index (χ0n) is 11.8. The molecule has 1 aromatic carbocycles. The van der Waals surface area contributed by atoms with Gasteiger partial charge in [0.15, 0.2) is 0 Å². The average molecular weight is 431 g/mol. The molecule has 2 aromatic rings. The van der Waals surface area contributed by atoms with Crippen LogP contribution in [-0.2, 0) is 6.42 Å². The molecule has 0 aliphatic rings. The Bertz CT molecular complexity index is 607. The minimum atomic E-state index is -0.0949. The van der Waals surface area contributed by atoms with Gasteiger partial charge in [0.05, 0.1) is 13.1 Å². The van der Waals surface area contributed by atoms with Crippen LogP contribution in [0.5, 0.6) is 0 Å². The van der Waals surface area contributed by atoms with Gasteiger partial charge in [-0.1, -0.05) is 31.9 Å². The molecule has 0 unspecified atom stereocenters. The van der Waals surface area contributed by atoms with E-state index in [1.807, 2.05) is 18.2 Å². The maximum absolute atomic E-state index is 12.2. The molecule has 0 spiro atoms. The molecule has 0 fully saturated rings. The van der Waals surface area contributed by atoms with Gasteiger partial charge in [-0.25, -0.2) is 0 Å². The van der Waals surface area contributed by atoms with Crippen molar-refractivity contribution in [2.45, 2.75) is 32.6 Å². The summed E-state index contributed by atoms with van der Waals surface area (Å²) in [6, 6.07) is 9.93. The molecule has 5 heteroatoms. The number of rotatable bonds is 6. The van der Waals surface area contributed by atoms with E-state index in [9.17, 15) is 4.79 Å². The summed E-state index contributed by atoms with van der Waals surface area (Å²) < 4.78 is 1.77. The molecule has 1 aromatic heterocycles. The van der Waals surface area contributed by atoms with Gasteiger partial charge in [-0.2, -0.15) is 0 Å². The number of nitrogens with one attached hydrogen (secondary N) is 1. The number of hydrogen-bond acceptors (Lipinski definition) is 2. The van der Waals surface area contributed by atoms with Gasteiger partial charge < -0.3 is 5.32 Å². The van der Waals surface area contributed by atoms with Crippen LogP contribution in [0.3, 0.4) is 0 Å². The minimum absolute atomic E-state index is 0.0949. The largest absolute Gasteiger partial charge is 0.322 e. The molecule has 0 saturated carbocycles. The fourth-order valence-electron chi connectivity index (χ4n) is 2.03. The molecule has 0 bridgehead atoms. The average Bonchev–Trinajstić information content (AvgIpc) is 2.80. The lowest BCUT2D eigenvalue weighted by Gasteiger charge is -2.06. The summed E-state index contributed by atoms with van der Waals surface area (Å²) in [4.78, 5) is 12.2. The number of carbonyl (C=O) groups excluding carboxylic acids is 1. The van der Waals surface area contributed by atoms with E-state index in [-0.39, 0.29) is 5.91 Å². The van der Waals surface area contributed by atoms with Crippen molar-refractivity contribution in [3.05, 3.63) is 49.0 Å². The smallest absolute Gasteiger partial charge is 0.257 e. The lowest BCUT2D eigenvalue weighted by Crippen LogP contribution is -2.11. The molecule has 2 nitrogen and oxygen atoms in total. The zero-order chi connectivity index (χ0) is 15.2. The number of hydrogen-bond donors (Lipinski definition) is 1. The summed E-state index contributed by atoms with van der Waals surface area (Å²) >= 11 is 8.28. The first-order valence-corrected chi connectivity index (χ1v) is 9.35. The number of amides is 1. The van der Waals surface area contributed by atoms with Gasteiger partial charge in [0.2, 0.25) is 0 Å². The molecule has 0 atom stereocenters. The van der Waals surface area contributed by atoms with Crippen LogP contribution in [0.15, 0.2) is 37.9 Å². The molecule has 1 amide bonds. The number of benzene rings is 1. The predicted molar refractivity (Wildman–Crippen MR) is 97.3 cm³/mol. The van der Waals surface area contributed by atoms with E-state index in [4.69, 9.17) is 0 Å². The number of carbonyl (C=O) groups is 1. The summed E-state index contributed by atoms with van der Waals surface area (Å²) in [5.74, 6) is -0.0949. The molecule has 1 N–H and O–H groups in total. The molecular formula is C16H17Br2NOS. The molecule has 0 radical (unpaired) electrons. The normalized spacial score (nSPS) is 10.6. The molecule has 0 saturated heterocycles. The number of halogens is 2.